The molecule has 3 rings (SSSR count). The lowest BCUT2D eigenvalue weighted by Gasteiger charge is -2.37. The van der Waals surface area contributed by atoms with Gasteiger partial charge in [-0.15, -0.1) is 0 Å². The van der Waals surface area contributed by atoms with Gasteiger partial charge in [-0.2, -0.15) is 0 Å². The van der Waals surface area contributed by atoms with Gasteiger partial charge in [-0.25, -0.2) is 8.78 Å². The van der Waals surface area contributed by atoms with Gasteiger partial charge in [0, 0.05) is 17.6 Å². The molecule has 1 aromatic rings. The zero-order valence-corrected chi connectivity index (χ0v) is 11.4. The number of nitrogen functional groups attached to an aromatic ring is 1. The molecular weight excluding hydrogens is 280 g/mol. The van der Waals surface area contributed by atoms with Gasteiger partial charge in [0.2, 0.25) is 0 Å². The van der Waals surface area contributed by atoms with Gasteiger partial charge in [0.05, 0.1) is 6.10 Å². The molecule has 2 bridgehead atoms. The number of hydrogen-bond acceptors (Lipinski definition) is 4. The van der Waals surface area contributed by atoms with E-state index in [2.05, 4.69) is 0 Å². The topological polar surface area (TPSA) is 78.6 Å². The highest BCUT2D eigenvalue weighted by atomic mass is 19.1. The van der Waals surface area contributed by atoms with Crippen LogP contribution in [0.1, 0.15) is 36.0 Å². The lowest BCUT2D eigenvalue weighted by Crippen LogP contribution is -2.48. The Hall–Kier alpha value is -1.73. The van der Waals surface area contributed by atoms with Crippen molar-refractivity contribution >= 4 is 11.6 Å². The summed E-state index contributed by atoms with van der Waals surface area (Å²) in [5, 5.41) is 9.74. The second-order valence-electron chi connectivity index (χ2n) is 5.68. The van der Waals surface area contributed by atoms with Gasteiger partial charge in [-0.3, -0.25) is 10.6 Å². The highest BCUT2D eigenvalue weighted by Crippen LogP contribution is 2.37. The van der Waals surface area contributed by atoms with Crippen LogP contribution in [0.5, 0.6) is 0 Å². The fourth-order valence-corrected chi connectivity index (χ4v) is 3.46. The molecule has 1 amide bonds. The zero-order chi connectivity index (χ0) is 15.1. The summed E-state index contributed by atoms with van der Waals surface area (Å²) < 4.78 is 27.4. The van der Waals surface area contributed by atoms with Gasteiger partial charge in [0.1, 0.15) is 5.69 Å². The zero-order valence-electron chi connectivity index (χ0n) is 11.4. The number of nitrogens with zero attached hydrogens (tertiary/aromatic N) is 1. The van der Waals surface area contributed by atoms with Crippen LogP contribution in [0.2, 0.25) is 0 Å². The number of anilines is 1. The molecule has 7 heteroatoms. The number of nitrogens with two attached hydrogens (primary N) is 1. The van der Waals surface area contributed by atoms with Crippen LogP contribution in [0.3, 0.4) is 0 Å². The minimum Gasteiger partial charge on any atom is -0.393 e. The molecular formula is C14H17F2N3O2. The molecule has 114 valence electrons. The summed E-state index contributed by atoms with van der Waals surface area (Å²) in [4.78, 5) is 14.2. The van der Waals surface area contributed by atoms with Crippen molar-refractivity contribution in [3.8, 4) is 0 Å². The predicted octanol–water partition coefficient (Wildman–Crippen LogP) is 1.38. The van der Waals surface area contributed by atoms with Crippen LogP contribution >= 0.6 is 0 Å². The molecule has 0 radical (unpaired) electrons. The number of aliphatic hydroxyl groups is 1. The molecule has 0 aromatic heterocycles. The van der Waals surface area contributed by atoms with Crippen molar-refractivity contribution in [3.63, 3.8) is 0 Å². The van der Waals surface area contributed by atoms with Crippen LogP contribution in [-0.4, -0.2) is 34.1 Å². The summed E-state index contributed by atoms with van der Waals surface area (Å²) in [7, 11) is 0. The van der Waals surface area contributed by atoms with E-state index in [1.807, 2.05) is 5.43 Å². The lowest BCUT2D eigenvalue weighted by atomic mass is 9.98. The number of hydrazine groups is 1. The van der Waals surface area contributed by atoms with Crippen LogP contribution in [0, 0.1) is 11.6 Å². The molecule has 0 spiro atoms. The molecule has 2 unspecified atom stereocenters. The first kappa shape index (κ1) is 14.2. The molecule has 2 fully saturated rings. The number of piperidine rings is 1. The minimum atomic E-state index is -0.898. The van der Waals surface area contributed by atoms with Crippen molar-refractivity contribution in [2.24, 2.45) is 5.84 Å². The average molecular weight is 297 g/mol. The van der Waals surface area contributed by atoms with Gasteiger partial charge in [0.25, 0.3) is 5.91 Å². The highest BCUT2D eigenvalue weighted by Gasteiger charge is 2.43. The van der Waals surface area contributed by atoms with Gasteiger partial charge in [0.15, 0.2) is 11.6 Å². The van der Waals surface area contributed by atoms with Gasteiger partial charge in [-0.05, 0) is 37.8 Å². The number of aliphatic hydroxyl groups excluding tert-OH is 1. The monoisotopic (exact) mass is 297 g/mol. The molecule has 2 heterocycles. The van der Waals surface area contributed by atoms with E-state index < -0.39 is 29.3 Å². The summed E-state index contributed by atoms with van der Waals surface area (Å²) in [6.45, 7) is 0. The summed E-state index contributed by atoms with van der Waals surface area (Å²) in [6, 6.07) is 1.88. The summed E-state index contributed by atoms with van der Waals surface area (Å²) in [5.41, 5.74) is 1.45. The van der Waals surface area contributed by atoms with E-state index in [0.29, 0.717) is 12.8 Å². The Morgan fingerprint density at radius 2 is 1.76 bits per heavy atom. The molecule has 2 aliphatic rings. The maximum atomic E-state index is 13.7. The first-order valence-corrected chi connectivity index (χ1v) is 6.97. The Morgan fingerprint density at radius 1 is 1.24 bits per heavy atom. The largest absolute Gasteiger partial charge is 0.393 e. The lowest BCUT2D eigenvalue weighted by molar-refractivity contribution is 0.0286. The van der Waals surface area contributed by atoms with E-state index in [9.17, 15) is 18.7 Å². The molecule has 1 aromatic carbocycles. The van der Waals surface area contributed by atoms with Crippen LogP contribution in [-0.2, 0) is 0 Å². The number of halogens is 2. The third-order valence-electron chi connectivity index (χ3n) is 4.38. The minimum absolute atomic E-state index is 0.0303. The quantitative estimate of drug-likeness (QED) is 0.569. The standard InChI is InChI=1S/C14H17F2N3O2/c15-11-3-7(4-12(16)13(11)18-17)14(21)19-8-1-2-9(19)6-10(20)5-8/h3-4,8-10,18,20H,1-2,5-6,17H2. The Labute approximate surface area is 120 Å². The van der Waals surface area contributed by atoms with Crippen molar-refractivity contribution < 1.29 is 18.7 Å². The Kier molecular flexibility index (Phi) is 3.54. The number of carbonyl (C=O) groups excluding carboxylic acids is 1. The number of carbonyl (C=O) groups is 1. The summed E-state index contributed by atoms with van der Waals surface area (Å²) >= 11 is 0. The molecule has 2 atom stereocenters. The first-order chi connectivity index (χ1) is 10.0. The fraction of sp³-hybridized carbons (Fsp3) is 0.500. The molecule has 0 saturated carbocycles. The number of rotatable bonds is 2. The summed E-state index contributed by atoms with van der Waals surface area (Å²) in [6.07, 6.45) is 2.29. The van der Waals surface area contributed by atoms with Crippen LogP contribution in [0.4, 0.5) is 14.5 Å². The molecule has 2 aliphatic heterocycles. The van der Waals surface area contributed by atoms with Crippen molar-refractivity contribution in [2.45, 2.75) is 43.9 Å². The van der Waals surface area contributed by atoms with Crippen molar-refractivity contribution in [2.75, 3.05) is 5.43 Å². The van der Waals surface area contributed by atoms with Gasteiger partial charge >= 0.3 is 0 Å². The Morgan fingerprint density at radius 3 is 2.24 bits per heavy atom. The molecule has 0 aliphatic carbocycles. The average Bonchev–Trinajstić information content (AvgIpc) is 2.69. The van der Waals surface area contributed by atoms with Crippen LogP contribution < -0.4 is 11.3 Å². The Balaban J connectivity index is 1.90. The summed E-state index contributed by atoms with van der Waals surface area (Å²) in [5.74, 6) is 2.85. The van der Waals surface area contributed by atoms with Gasteiger partial charge < -0.3 is 15.4 Å². The van der Waals surface area contributed by atoms with Crippen LogP contribution in [0.15, 0.2) is 12.1 Å². The SMILES string of the molecule is NNc1c(F)cc(C(=O)N2C3CCC2CC(O)C3)cc1F. The highest BCUT2D eigenvalue weighted by molar-refractivity contribution is 5.95. The number of amides is 1. The number of hydrogen-bond donors (Lipinski definition) is 3. The number of nitrogens with one attached hydrogen (secondary N) is 1. The molecule has 5 nitrogen and oxygen atoms in total. The third-order valence-corrected chi connectivity index (χ3v) is 4.38. The number of fused-ring (bicyclic) bond motifs is 2. The molecule has 4 N–H and O–H groups in total. The molecule has 21 heavy (non-hydrogen) atoms. The van der Waals surface area contributed by atoms with E-state index >= 15 is 0 Å². The number of benzene rings is 1. The fourth-order valence-electron chi connectivity index (χ4n) is 3.46. The normalized spacial score (nSPS) is 27.8. The van der Waals surface area contributed by atoms with E-state index in [4.69, 9.17) is 5.84 Å². The molecule has 2 saturated heterocycles. The third kappa shape index (κ3) is 2.36. The smallest absolute Gasteiger partial charge is 0.254 e. The predicted molar refractivity (Wildman–Crippen MR) is 72.4 cm³/mol. The van der Waals surface area contributed by atoms with Gasteiger partial charge in [-0.1, -0.05) is 0 Å². The van der Waals surface area contributed by atoms with E-state index in [1.165, 1.54) is 0 Å². The van der Waals surface area contributed by atoms with Crippen LogP contribution in [0.25, 0.3) is 0 Å². The van der Waals surface area contributed by atoms with E-state index in [-0.39, 0.29) is 17.6 Å². The van der Waals surface area contributed by atoms with Crippen molar-refractivity contribution in [1.82, 2.24) is 4.90 Å². The van der Waals surface area contributed by atoms with Crippen molar-refractivity contribution in [3.05, 3.63) is 29.3 Å². The van der Waals surface area contributed by atoms with E-state index in [0.717, 1.165) is 25.0 Å². The maximum absolute atomic E-state index is 13.7. The van der Waals surface area contributed by atoms with Crippen molar-refractivity contribution in [1.29, 1.82) is 0 Å². The first-order valence-electron chi connectivity index (χ1n) is 6.97. The Bertz CT molecular complexity index is 544. The maximum Gasteiger partial charge on any atom is 0.254 e. The van der Waals surface area contributed by atoms with E-state index in [1.54, 1.807) is 4.90 Å². The second kappa shape index (κ2) is 5.23. The second-order valence-corrected chi connectivity index (χ2v) is 5.68.